The van der Waals surface area contributed by atoms with Crippen molar-refractivity contribution in [2.24, 2.45) is 23.3 Å². The molecule has 0 saturated carbocycles. The third-order valence-electron chi connectivity index (χ3n) is 15.9. The van der Waals surface area contributed by atoms with E-state index in [1.54, 1.807) is 30.5 Å². The van der Waals surface area contributed by atoms with E-state index in [2.05, 4.69) is 63.5 Å². The van der Waals surface area contributed by atoms with Gasteiger partial charge >= 0.3 is 23.9 Å². The van der Waals surface area contributed by atoms with Gasteiger partial charge in [-0.05, 0) is 69.5 Å². The number of fused-ring (bicyclic) bond motifs is 1. The van der Waals surface area contributed by atoms with Crippen molar-refractivity contribution >= 4 is 131 Å². The second kappa shape index (κ2) is 45.3. The minimum Gasteiger partial charge on any atom is -0.481 e. The Hall–Kier alpha value is -11.7. The predicted molar refractivity (Wildman–Crippen MR) is 359 cm³/mol. The maximum atomic E-state index is 14.0. The van der Waals surface area contributed by atoms with Gasteiger partial charge in [0, 0.05) is 43.5 Å². The molecule has 1 aromatic heterocycles. The van der Waals surface area contributed by atoms with Gasteiger partial charge in [-0.3, -0.25) is 91.1 Å². The van der Waals surface area contributed by atoms with E-state index >= 15 is 0 Å². The summed E-state index contributed by atoms with van der Waals surface area (Å²) < 4.78 is 4.88. The van der Waals surface area contributed by atoms with Gasteiger partial charge in [0.15, 0.2) is 6.29 Å². The second-order valence-corrected chi connectivity index (χ2v) is 24.4. The van der Waals surface area contributed by atoms with Crippen LogP contribution >= 0.6 is 0 Å². The molecule has 14 unspecified atom stereocenters. The van der Waals surface area contributed by atoms with E-state index in [9.17, 15) is 121 Å². The molecule has 14 amide bonds. The molecule has 0 aliphatic rings. The molecule has 1 heterocycles. The van der Waals surface area contributed by atoms with E-state index < -0.39 is 231 Å². The van der Waals surface area contributed by atoms with Crippen LogP contribution in [0.5, 0.6) is 0 Å². The van der Waals surface area contributed by atoms with Crippen LogP contribution in [0.1, 0.15) is 104 Å². The number of hydrogen-bond donors (Lipinski definition) is 20. The first-order valence-electron chi connectivity index (χ1n) is 32.8. The topological polar surface area (TPSA) is 667 Å². The second-order valence-electron chi connectivity index (χ2n) is 24.4. The van der Waals surface area contributed by atoms with Crippen LogP contribution in [0.4, 0.5) is 0 Å². The monoisotopic (exact) mass is 1490 g/mol. The number of rotatable bonds is 51. The van der Waals surface area contributed by atoms with Gasteiger partial charge in [-0.25, -0.2) is 0 Å². The van der Waals surface area contributed by atoms with Gasteiger partial charge in [0.2, 0.25) is 83.2 Å². The van der Waals surface area contributed by atoms with E-state index in [-0.39, 0.29) is 63.9 Å². The lowest BCUT2D eigenvalue weighted by molar-refractivity contribution is -0.147. The lowest BCUT2D eigenvalue weighted by Gasteiger charge is -2.30. The molecular formula is C63H92N16O26. The molecule has 105 heavy (non-hydrogen) atoms. The molecule has 0 spiro atoms. The van der Waals surface area contributed by atoms with Crippen LogP contribution in [0.3, 0.4) is 0 Å². The molecule has 2 aromatic rings. The highest BCUT2D eigenvalue weighted by atomic mass is 16.5. The Labute approximate surface area is 599 Å². The number of aromatic nitrogens is 1. The number of carbonyl (C=O) groups is 20. The van der Waals surface area contributed by atoms with E-state index in [4.69, 9.17) is 16.2 Å². The molecule has 14 atom stereocenters. The van der Waals surface area contributed by atoms with Crippen molar-refractivity contribution < 1.29 is 126 Å². The van der Waals surface area contributed by atoms with Crippen molar-refractivity contribution in [3.8, 4) is 0 Å². The van der Waals surface area contributed by atoms with E-state index in [1.807, 2.05) is 19.2 Å². The number of amides is 14. The number of carboxylic acid groups (broad SMARTS) is 4. The zero-order chi connectivity index (χ0) is 79.4. The van der Waals surface area contributed by atoms with Crippen molar-refractivity contribution in [3.05, 3.63) is 36.0 Å². The molecule has 0 fully saturated rings. The molecule has 0 saturated heterocycles. The van der Waals surface area contributed by atoms with Crippen LogP contribution in [0.2, 0.25) is 0 Å². The Kier molecular flexibility index (Phi) is 38.6. The van der Waals surface area contributed by atoms with Crippen molar-refractivity contribution in [1.82, 2.24) is 73.7 Å². The molecule has 42 nitrogen and oxygen atoms in total. The number of nitrogens with two attached hydrogens (primary N) is 2. The number of aromatic amines is 1. The SMILES string of the molecule is CCC(C)CNC(=O)C(NC(=O)C(CC(N)=O)NC(=O)CNC(=O)C(CC(=O)O)NC(=O)C(CCCCN)NC(=O)C(CC(=O)O)NC(=O)C(C)NC(=O)CN(C)C(=O)C(NC(=O)C(NC(=O)C(CCC(=O)O)NC(=O)C(Cc1c[nH]c2ccccc12)NC=O)C(O)C=O)C(C)OC=O)C(C)CC(=O)O. The molecule has 1 aromatic carbocycles. The maximum absolute atomic E-state index is 14.0. The fourth-order valence-electron chi connectivity index (χ4n) is 9.91. The van der Waals surface area contributed by atoms with Crippen LogP contribution in [-0.4, -0.2) is 261 Å². The third-order valence-corrected chi connectivity index (χ3v) is 15.9. The average molecular weight is 1490 g/mol. The Bertz CT molecular complexity index is 3460. The van der Waals surface area contributed by atoms with Crippen molar-refractivity contribution in [2.75, 3.05) is 33.2 Å². The molecule has 42 heteroatoms. The number of hydrogen-bond acceptors (Lipinski definition) is 23. The molecule has 0 radical (unpaired) electrons. The number of benzene rings is 1. The predicted octanol–water partition coefficient (Wildman–Crippen LogP) is -8.00. The van der Waals surface area contributed by atoms with Crippen LogP contribution in [0.25, 0.3) is 10.9 Å². The number of likely N-dealkylation sites (N-methyl/N-ethyl adjacent to an activating group) is 1. The summed E-state index contributed by atoms with van der Waals surface area (Å²) in [6.45, 7) is 5.03. The van der Waals surface area contributed by atoms with Crippen LogP contribution in [0, 0.1) is 11.8 Å². The Balaban J connectivity index is 2.29. The minimum absolute atomic E-state index is 0.0217. The molecule has 0 aliphatic heterocycles. The lowest BCUT2D eigenvalue weighted by atomic mass is 9.96. The number of nitrogens with zero attached hydrogens (tertiary/aromatic N) is 1. The number of ether oxygens (including phenoxy) is 1. The molecule has 580 valence electrons. The quantitative estimate of drug-likeness (QED) is 0.0216. The van der Waals surface area contributed by atoms with Gasteiger partial charge in [0.05, 0.1) is 38.8 Å². The number of carbonyl (C=O) groups excluding carboxylic acids is 16. The number of aldehydes is 1. The molecule has 2 rings (SSSR count). The number of para-hydroxylation sites is 1. The first-order chi connectivity index (χ1) is 49.4. The Morgan fingerprint density at radius 2 is 1.10 bits per heavy atom. The summed E-state index contributed by atoms with van der Waals surface area (Å²) in [6, 6.07) is -11.6. The normalized spacial score (nSPS) is 14.9. The highest BCUT2D eigenvalue weighted by Gasteiger charge is 2.40. The van der Waals surface area contributed by atoms with Gasteiger partial charge in [-0.1, -0.05) is 45.4 Å². The summed E-state index contributed by atoms with van der Waals surface area (Å²) in [4.78, 5) is 262. The van der Waals surface area contributed by atoms with Gasteiger partial charge in [0.25, 0.3) is 6.47 Å². The number of carboxylic acids is 4. The highest BCUT2D eigenvalue weighted by Crippen LogP contribution is 2.20. The van der Waals surface area contributed by atoms with Gasteiger partial charge < -0.3 is 120 Å². The number of unbranched alkanes of at least 4 members (excludes halogenated alkanes) is 1. The number of primary amides is 1. The van der Waals surface area contributed by atoms with Crippen LogP contribution in [-0.2, 0) is 107 Å². The highest BCUT2D eigenvalue weighted by molar-refractivity contribution is 6.01. The van der Waals surface area contributed by atoms with E-state index in [1.165, 1.54) is 6.92 Å². The first kappa shape index (κ1) is 89.4. The molecule has 22 N–H and O–H groups in total. The summed E-state index contributed by atoms with van der Waals surface area (Å²) in [6.07, 6.45) is -7.47. The largest absolute Gasteiger partial charge is 0.481 e. The fourth-order valence-corrected chi connectivity index (χ4v) is 9.91. The molecule has 0 bridgehead atoms. The van der Waals surface area contributed by atoms with Crippen molar-refractivity contribution in [1.29, 1.82) is 0 Å². The average Bonchev–Trinajstić information content (AvgIpc) is 1.72. The number of aliphatic hydroxyl groups is 1. The number of aliphatic hydroxyl groups excluding tert-OH is 1. The third kappa shape index (κ3) is 31.6. The van der Waals surface area contributed by atoms with Crippen molar-refractivity contribution in [2.45, 2.75) is 178 Å². The standard InChI is InChI=1S/C63H92N16O26/c1-7-30(2)23-67-61(102)51(31(3)18-48(89)90)76-60(101)40(20-44(65)84)71-45(85)25-68-55(96)41(21-49(91)92)75-56(97)37(14-10-11-17-64)72-59(100)42(22-50(93)94)74-54(95)32(4)70-46(86)26-79(6)63(104)52(33(5)105-29-82)77-62(103)53(43(83)27-80)78-57(98)38(15-16-47(87)88)73-58(99)39(69-28-81)19-34-24-66-36-13-9-8-12-35(34)36/h8-9,12-13,24,27-33,37-43,51-53,66,83H,7,10-11,14-23,25-26,64H2,1-6H3,(H2,65,84)(H,67,102)(H,68,96)(H,69,81)(H,70,86)(H,71,85)(H,72,100)(H,73,99)(H,74,95)(H,75,97)(H,76,101)(H,77,103)(H,78,98)(H,87,88)(H,89,90)(H,91,92)(H,93,94). The van der Waals surface area contributed by atoms with E-state index in [0.717, 1.165) is 20.9 Å². The number of aliphatic carboxylic acids is 4. The van der Waals surface area contributed by atoms with Gasteiger partial charge in [-0.2, -0.15) is 0 Å². The zero-order valence-electron chi connectivity index (χ0n) is 58.2. The van der Waals surface area contributed by atoms with Crippen LogP contribution in [0.15, 0.2) is 30.5 Å². The zero-order valence-corrected chi connectivity index (χ0v) is 58.2. The summed E-state index contributed by atoms with van der Waals surface area (Å²) in [5, 5.41) is 76.2. The summed E-state index contributed by atoms with van der Waals surface area (Å²) in [5.41, 5.74) is 12.2. The lowest BCUT2D eigenvalue weighted by Crippen LogP contribution is -2.63. The van der Waals surface area contributed by atoms with E-state index in [0.29, 0.717) is 27.8 Å². The van der Waals surface area contributed by atoms with Gasteiger partial charge in [-0.15, -0.1) is 0 Å². The summed E-state index contributed by atoms with van der Waals surface area (Å²) in [5.74, 6) is -23.2. The summed E-state index contributed by atoms with van der Waals surface area (Å²) in [7, 11) is 0.962. The van der Waals surface area contributed by atoms with Gasteiger partial charge in [0.1, 0.15) is 72.6 Å². The minimum atomic E-state index is -2.44. The Morgan fingerprint density at radius 3 is 1.68 bits per heavy atom. The fraction of sp³-hybridized carbons (Fsp3) is 0.556. The van der Waals surface area contributed by atoms with Crippen LogP contribution < -0.4 is 75.3 Å². The maximum Gasteiger partial charge on any atom is 0.305 e. The Morgan fingerprint density at radius 1 is 0.571 bits per heavy atom. The first-order valence-corrected chi connectivity index (χ1v) is 32.8. The summed E-state index contributed by atoms with van der Waals surface area (Å²) >= 11 is 0. The molecule has 0 aliphatic carbocycles. The molecular weight excluding hydrogens is 1400 g/mol. The number of nitrogens with one attached hydrogen (secondary N) is 13. The van der Waals surface area contributed by atoms with Crippen molar-refractivity contribution in [3.63, 3.8) is 0 Å². The smallest absolute Gasteiger partial charge is 0.305 e. The number of H-pyrrole nitrogens is 1.